The van der Waals surface area contributed by atoms with Crippen LogP contribution in [0.25, 0.3) is 0 Å². The predicted molar refractivity (Wildman–Crippen MR) is 70.1 cm³/mol. The van der Waals surface area contributed by atoms with Crippen LogP contribution in [-0.2, 0) is 9.47 Å². The van der Waals surface area contributed by atoms with Crippen molar-refractivity contribution in [2.75, 3.05) is 59.0 Å². The molecule has 0 aliphatic carbocycles. The highest BCUT2D eigenvalue weighted by Gasteiger charge is 2.45. The molecule has 1 unspecified atom stereocenters. The zero-order valence-electron chi connectivity index (χ0n) is 11.4. The highest BCUT2D eigenvalue weighted by atomic mass is 16.6. The smallest absolute Gasteiger partial charge is 0.410 e. The molecule has 19 heavy (non-hydrogen) atoms. The summed E-state index contributed by atoms with van der Waals surface area (Å²) in [5.41, 5.74) is -0.264. The first-order valence-electron chi connectivity index (χ1n) is 7.26. The Kier molecular flexibility index (Phi) is 3.91. The first kappa shape index (κ1) is 13.1. The number of hydrogen-bond acceptors (Lipinski definition) is 5. The highest BCUT2D eigenvalue weighted by molar-refractivity contribution is 5.70. The van der Waals surface area contributed by atoms with Crippen LogP contribution in [0.5, 0.6) is 0 Å². The van der Waals surface area contributed by atoms with Crippen molar-refractivity contribution >= 4 is 6.09 Å². The first-order valence-corrected chi connectivity index (χ1v) is 7.26. The Morgan fingerprint density at radius 2 is 2.11 bits per heavy atom. The summed E-state index contributed by atoms with van der Waals surface area (Å²) in [4.78, 5) is 16.2. The van der Waals surface area contributed by atoms with Gasteiger partial charge in [0.15, 0.2) is 0 Å². The molecule has 1 spiro atoms. The third kappa shape index (κ3) is 3.01. The van der Waals surface area contributed by atoms with Crippen molar-refractivity contribution in [2.45, 2.75) is 18.4 Å². The SMILES string of the molecule is O=C1OC2(CCCNC2)CN1CCN1CCOCC1. The number of carbonyl (C=O) groups is 1. The number of carbonyl (C=O) groups excluding carboxylic acids is 1. The fourth-order valence-corrected chi connectivity index (χ4v) is 3.11. The number of ether oxygens (including phenoxy) is 2. The number of piperidine rings is 1. The molecule has 3 rings (SSSR count). The van der Waals surface area contributed by atoms with Gasteiger partial charge in [-0.3, -0.25) is 4.90 Å². The van der Waals surface area contributed by atoms with Crippen LogP contribution in [0, 0.1) is 0 Å². The van der Waals surface area contributed by atoms with E-state index < -0.39 is 0 Å². The Labute approximate surface area is 114 Å². The Morgan fingerprint density at radius 1 is 1.26 bits per heavy atom. The summed E-state index contributed by atoms with van der Waals surface area (Å²) in [6, 6.07) is 0. The van der Waals surface area contributed by atoms with E-state index in [1.54, 1.807) is 0 Å². The van der Waals surface area contributed by atoms with Crippen LogP contribution in [-0.4, -0.2) is 80.5 Å². The molecular weight excluding hydrogens is 246 g/mol. The maximum absolute atomic E-state index is 12.0. The summed E-state index contributed by atoms with van der Waals surface area (Å²) in [6.07, 6.45) is 1.93. The fraction of sp³-hybridized carbons (Fsp3) is 0.923. The van der Waals surface area contributed by atoms with Crippen LogP contribution >= 0.6 is 0 Å². The van der Waals surface area contributed by atoms with E-state index in [0.29, 0.717) is 0 Å². The fourth-order valence-electron chi connectivity index (χ4n) is 3.11. The van der Waals surface area contributed by atoms with Crippen molar-refractivity contribution in [3.05, 3.63) is 0 Å². The number of nitrogens with zero attached hydrogens (tertiary/aromatic N) is 2. The van der Waals surface area contributed by atoms with Gasteiger partial charge in [-0.2, -0.15) is 0 Å². The summed E-state index contributed by atoms with van der Waals surface area (Å²) >= 11 is 0. The molecule has 3 aliphatic heterocycles. The summed E-state index contributed by atoms with van der Waals surface area (Å²) in [7, 11) is 0. The van der Waals surface area contributed by atoms with Crippen LogP contribution in [0.1, 0.15) is 12.8 Å². The molecule has 1 amide bonds. The van der Waals surface area contributed by atoms with Gasteiger partial charge in [0.1, 0.15) is 5.60 Å². The van der Waals surface area contributed by atoms with E-state index in [-0.39, 0.29) is 11.7 Å². The van der Waals surface area contributed by atoms with Crippen molar-refractivity contribution in [3.63, 3.8) is 0 Å². The maximum atomic E-state index is 12.0. The molecule has 0 bridgehead atoms. The molecule has 108 valence electrons. The summed E-state index contributed by atoms with van der Waals surface area (Å²) in [5.74, 6) is 0. The minimum atomic E-state index is -0.264. The third-order valence-electron chi connectivity index (χ3n) is 4.26. The third-order valence-corrected chi connectivity index (χ3v) is 4.26. The molecule has 6 heteroatoms. The van der Waals surface area contributed by atoms with Crippen LogP contribution < -0.4 is 5.32 Å². The number of morpholine rings is 1. The van der Waals surface area contributed by atoms with Gasteiger partial charge in [0, 0.05) is 32.7 Å². The van der Waals surface area contributed by atoms with Crippen molar-refractivity contribution in [1.82, 2.24) is 15.1 Å². The number of nitrogens with one attached hydrogen (secondary N) is 1. The van der Waals surface area contributed by atoms with Gasteiger partial charge in [-0.1, -0.05) is 0 Å². The number of rotatable bonds is 3. The van der Waals surface area contributed by atoms with Crippen LogP contribution in [0.4, 0.5) is 4.79 Å². The van der Waals surface area contributed by atoms with Gasteiger partial charge in [-0.05, 0) is 19.4 Å². The molecule has 3 saturated heterocycles. The Hall–Kier alpha value is -0.850. The van der Waals surface area contributed by atoms with Crippen LogP contribution in [0.2, 0.25) is 0 Å². The zero-order chi connectivity index (χ0) is 13.1. The molecule has 1 atom stereocenters. The molecule has 1 N–H and O–H groups in total. The second-order valence-corrected chi connectivity index (χ2v) is 5.71. The molecule has 3 fully saturated rings. The molecule has 6 nitrogen and oxygen atoms in total. The highest BCUT2D eigenvalue weighted by Crippen LogP contribution is 2.28. The number of amides is 1. The average Bonchev–Trinajstić information content (AvgIpc) is 2.74. The van der Waals surface area contributed by atoms with E-state index in [1.807, 2.05) is 4.90 Å². The summed E-state index contributed by atoms with van der Waals surface area (Å²) in [5, 5.41) is 3.33. The molecule has 3 aliphatic rings. The van der Waals surface area contributed by atoms with E-state index >= 15 is 0 Å². The van der Waals surface area contributed by atoms with E-state index in [9.17, 15) is 4.79 Å². The quantitative estimate of drug-likeness (QED) is 0.775. The first-order chi connectivity index (χ1) is 9.27. The lowest BCUT2D eigenvalue weighted by Crippen LogP contribution is -2.49. The Balaban J connectivity index is 1.49. The molecular formula is C13H23N3O3. The normalized spacial score (nSPS) is 32.8. The Bertz CT molecular complexity index is 325. The summed E-state index contributed by atoms with van der Waals surface area (Å²) in [6.45, 7) is 7.80. The van der Waals surface area contributed by atoms with Crippen molar-refractivity contribution < 1.29 is 14.3 Å². The van der Waals surface area contributed by atoms with Gasteiger partial charge in [0.05, 0.1) is 19.8 Å². The van der Waals surface area contributed by atoms with Gasteiger partial charge < -0.3 is 19.7 Å². The zero-order valence-corrected chi connectivity index (χ0v) is 11.4. The lowest BCUT2D eigenvalue weighted by atomic mass is 9.94. The van der Waals surface area contributed by atoms with Gasteiger partial charge in [-0.15, -0.1) is 0 Å². The molecule has 0 aromatic rings. The van der Waals surface area contributed by atoms with E-state index in [1.165, 1.54) is 0 Å². The lowest BCUT2D eigenvalue weighted by molar-refractivity contribution is 0.0352. The molecule has 0 saturated carbocycles. The van der Waals surface area contributed by atoms with Crippen molar-refractivity contribution in [3.8, 4) is 0 Å². The van der Waals surface area contributed by atoms with E-state index in [0.717, 1.165) is 71.9 Å². The lowest BCUT2D eigenvalue weighted by Gasteiger charge is -2.31. The van der Waals surface area contributed by atoms with Crippen molar-refractivity contribution in [2.24, 2.45) is 0 Å². The molecule has 0 radical (unpaired) electrons. The minimum Gasteiger partial charge on any atom is -0.440 e. The molecule has 0 aromatic carbocycles. The topological polar surface area (TPSA) is 54.0 Å². The van der Waals surface area contributed by atoms with E-state index in [4.69, 9.17) is 9.47 Å². The largest absolute Gasteiger partial charge is 0.440 e. The molecule has 0 aromatic heterocycles. The van der Waals surface area contributed by atoms with Gasteiger partial charge in [-0.25, -0.2) is 4.79 Å². The monoisotopic (exact) mass is 269 g/mol. The standard InChI is InChI=1S/C13H23N3O3/c17-12-16(5-4-15-6-8-18-9-7-15)11-13(19-12)2-1-3-14-10-13/h14H,1-11H2. The average molecular weight is 269 g/mol. The second kappa shape index (κ2) is 5.64. The predicted octanol–water partition coefficient (Wildman–Crippen LogP) is -0.107. The van der Waals surface area contributed by atoms with Crippen LogP contribution in [0.15, 0.2) is 0 Å². The minimum absolute atomic E-state index is 0.142. The van der Waals surface area contributed by atoms with Gasteiger partial charge in [0.25, 0.3) is 0 Å². The maximum Gasteiger partial charge on any atom is 0.410 e. The Morgan fingerprint density at radius 3 is 2.84 bits per heavy atom. The van der Waals surface area contributed by atoms with E-state index in [2.05, 4.69) is 10.2 Å². The summed E-state index contributed by atoms with van der Waals surface area (Å²) < 4.78 is 11.0. The second-order valence-electron chi connectivity index (χ2n) is 5.71. The van der Waals surface area contributed by atoms with Gasteiger partial charge >= 0.3 is 6.09 Å². The van der Waals surface area contributed by atoms with Gasteiger partial charge in [0.2, 0.25) is 0 Å². The van der Waals surface area contributed by atoms with Crippen molar-refractivity contribution in [1.29, 1.82) is 0 Å². The number of hydrogen-bond donors (Lipinski definition) is 1. The molecule has 3 heterocycles. The van der Waals surface area contributed by atoms with Crippen LogP contribution in [0.3, 0.4) is 0 Å².